The first kappa shape index (κ1) is 12.1. The van der Waals surface area contributed by atoms with Gasteiger partial charge in [-0.05, 0) is 0 Å². The molecule has 4 heterocycles. The summed E-state index contributed by atoms with van der Waals surface area (Å²) in [6.07, 6.45) is 0. The summed E-state index contributed by atoms with van der Waals surface area (Å²) in [5.41, 5.74) is 1.22. The van der Waals surface area contributed by atoms with E-state index in [2.05, 4.69) is 8.46 Å². The number of hydrogen-bond donors (Lipinski definition) is 1. The van der Waals surface area contributed by atoms with E-state index in [4.69, 9.17) is 13.9 Å². The molecule has 102 valence electrons. The molecular formula is C11H7I2NO5-2. The molecule has 0 amide bonds. The zero-order chi connectivity index (χ0) is 13.1. The average molecular weight is 487 g/mol. The van der Waals surface area contributed by atoms with Gasteiger partial charge in [-0.2, -0.15) is 0 Å². The second-order valence-corrected chi connectivity index (χ2v) is 9.24. The number of rotatable bonds is 4. The molecule has 2 unspecified atom stereocenters. The van der Waals surface area contributed by atoms with Crippen molar-refractivity contribution in [3.05, 3.63) is 11.6 Å². The Hall–Kier alpha value is -0.620. The van der Waals surface area contributed by atoms with Crippen LogP contribution < -0.4 is 55.7 Å². The summed E-state index contributed by atoms with van der Waals surface area (Å²) in [4.78, 5) is 25.7. The van der Waals surface area contributed by atoms with Gasteiger partial charge in [0.05, 0.1) is 0 Å². The van der Waals surface area contributed by atoms with Gasteiger partial charge < -0.3 is 0 Å². The normalized spacial score (nSPS) is 22.4. The average Bonchev–Trinajstić information content (AvgIpc) is 2.96. The monoisotopic (exact) mass is 487 g/mol. The van der Waals surface area contributed by atoms with E-state index in [9.17, 15) is 9.59 Å². The van der Waals surface area contributed by atoms with Crippen LogP contribution in [0.15, 0.2) is 10.5 Å². The Bertz CT molecular complexity index is 692. The number of furan rings is 2. The molecule has 0 aliphatic carbocycles. The minimum absolute atomic E-state index is 0.0232. The molecule has 19 heavy (non-hydrogen) atoms. The van der Waals surface area contributed by atoms with E-state index < -0.39 is 5.97 Å². The molecule has 0 spiro atoms. The fourth-order valence-electron chi connectivity index (χ4n) is 2.00. The van der Waals surface area contributed by atoms with Crippen molar-refractivity contribution < 1.29 is 66.2 Å². The maximum absolute atomic E-state index is 12.2. The number of nitrogens with one attached hydrogen (secondary N) is 1. The molecule has 1 fully saturated rings. The number of esters is 2. The molecule has 6 nitrogen and oxygen atoms in total. The zero-order valence-electron chi connectivity index (χ0n) is 9.53. The van der Waals surface area contributed by atoms with Crippen LogP contribution in [0.1, 0.15) is 10.4 Å². The fourth-order valence-corrected chi connectivity index (χ4v) is 8.04. The predicted molar refractivity (Wildman–Crippen MR) is 54.6 cm³/mol. The van der Waals surface area contributed by atoms with E-state index in [0.29, 0.717) is 20.8 Å². The van der Waals surface area contributed by atoms with Crippen molar-refractivity contribution >= 4 is 23.1 Å². The van der Waals surface area contributed by atoms with Crippen LogP contribution in [-0.2, 0) is 4.79 Å². The van der Waals surface area contributed by atoms with Gasteiger partial charge in [0.1, 0.15) is 0 Å². The molecule has 1 N–H and O–H groups in total. The van der Waals surface area contributed by atoms with Gasteiger partial charge in [0.25, 0.3) is 0 Å². The van der Waals surface area contributed by atoms with E-state index in [0.717, 1.165) is 0 Å². The summed E-state index contributed by atoms with van der Waals surface area (Å²) < 4.78 is 19.4. The van der Waals surface area contributed by atoms with Gasteiger partial charge in [0.15, 0.2) is 0 Å². The minimum atomic E-state index is -0.444. The SMILES string of the molecule is C[I-]C(C(=O)Oc1c2c3oc1cc3C(=O)O2)C1N[I-]1. The number of benzene rings is 1. The number of halogens is 2. The summed E-state index contributed by atoms with van der Waals surface area (Å²) in [6.45, 7) is 0. The Morgan fingerprint density at radius 2 is 2.42 bits per heavy atom. The summed E-state index contributed by atoms with van der Waals surface area (Å²) in [7, 11) is 0. The van der Waals surface area contributed by atoms with E-state index in [1.54, 1.807) is 6.07 Å². The van der Waals surface area contributed by atoms with Crippen LogP contribution in [0.2, 0.25) is 0 Å². The van der Waals surface area contributed by atoms with Crippen molar-refractivity contribution in [3.8, 4) is 11.5 Å². The first-order chi connectivity index (χ1) is 9.19. The van der Waals surface area contributed by atoms with Crippen molar-refractivity contribution in [1.82, 2.24) is 3.53 Å². The molecule has 0 saturated carbocycles. The number of hydrogen-bond acceptors (Lipinski definition) is 6. The summed E-state index contributed by atoms with van der Waals surface area (Å²) >= 11 is -0.262. The third-order valence-corrected chi connectivity index (χ3v) is 8.94. The predicted octanol–water partition coefficient (Wildman–Crippen LogP) is -5.67. The molecular weight excluding hydrogens is 480 g/mol. The Morgan fingerprint density at radius 1 is 1.63 bits per heavy atom. The molecule has 2 aliphatic rings. The van der Waals surface area contributed by atoms with Crippen LogP contribution in [0, 0.1) is 0 Å². The van der Waals surface area contributed by atoms with E-state index in [1.165, 1.54) is 0 Å². The van der Waals surface area contributed by atoms with Crippen molar-refractivity contribution in [2.45, 2.75) is 7.97 Å². The van der Waals surface area contributed by atoms with Gasteiger partial charge in [-0.1, -0.05) is 0 Å². The molecule has 2 aromatic rings. The second kappa shape index (κ2) is 4.19. The third kappa shape index (κ3) is 1.76. The Balaban J connectivity index is 1.63. The molecule has 0 radical (unpaired) electrons. The molecule has 2 aliphatic heterocycles. The van der Waals surface area contributed by atoms with Crippen LogP contribution in [0.25, 0.3) is 11.2 Å². The topological polar surface area (TPSA) is 87.7 Å². The second-order valence-electron chi connectivity index (χ2n) is 4.06. The van der Waals surface area contributed by atoms with E-state index in [-0.39, 0.29) is 64.1 Å². The van der Waals surface area contributed by atoms with E-state index >= 15 is 0 Å². The standard InChI is InChI=1S/C11H7I2NO5/c1-12-5(9-13-14-9)11(16)18-7-4-2-3-6(17-4)8(7)19-10(3)15/h2,5,9,14H,1H3/q-2. The van der Waals surface area contributed by atoms with Crippen LogP contribution in [-0.4, -0.2) is 24.8 Å². The van der Waals surface area contributed by atoms with Crippen molar-refractivity contribution in [2.75, 3.05) is 4.93 Å². The molecule has 2 bridgehead atoms. The van der Waals surface area contributed by atoms with Gasteiger partial charge >= 0.3 is 129 Å². The molecule has 2 aromatic heterocycles. The molecule has 2 atom stereocenters. The summed E-state index contributed by atoms with van der Waals surface area (Å²) in [5, 5.41) is 0. The Kier molecular flexibility index (Phi) is 2.68. The van der Waals surface area contributed by atoms with Crippen LogP contribution in [0.4, 0.5) is 0 Å². The van der Waals surface area contributed by atoms with Gasteiger partial charge in [-0.15, -0.1) is 0 Å². The number of fused-ring (bicyclic) bond motifs is 1. The summed E-state index contributed by atoms with van der Waals surface area (Å²) in [6, 6.07) is 1.56. The third-order valence-electron chi connectivity index (χ3n) is 2.94. The zero-order valence-corrected chi connectivity index (χ0v) is 13.8. The molecule has 1 saturated heterocycles. The molecule has 8 heteroatoms. The van der Waals surface area contributed by atoms with Crippen molar-refractivity contribution in [1.29, 1.82) is 0 Å². The van der Waals surface area contributed by atoms with Crippen molar-refractivity contribution in [3.63, 3.8) is 0 Å². The molecule has 4 rings (SSSR count). The number of carbonyl (C=O) groups is 2. The van der Waals surface area contributed by atoms with Crippen LogP contribution >= 0.6 is 0 Å². The van der Waals surface area contributed by atoms with Gasteiger partial charge in [-0.3, -0.25) is 0 Å². The fraction of sp³-hybridized carbons (Fsp3) is 0.273. The number of carbonyl (C=O) groups excluding carboxylic acids is 2. The van der Waals surface area contributed by atoms with Gasteiger partial charge in [0.2, 0.25) is 0 Å². The summed E-state index contributed by atoms with van der Waals surface area (Å²) in [5.74, 6) is -0.164. The molecule has 0 aromatic carbocycles. The van der Waals surface area contributed by atoms with Gasteiger partial charge in [0, 0.05) is 0 Å². The Labute approximate surface area is 128 Å². The number of alkyl halides is 3. The first-order valence-corrected chi connectivity index (χ1v) is 11.1. The van der Waals surface area contributed by atoms with Gasteiger partial charge in [-0.25, -0.2) is 0 Å². The first-order valence-electron chi connectivity index (χ1n) is 5.37. The quantitative estimate of drug-likeness (QED) is 0.0882. The van der Waals surface area contributed by atoms with Crippen molar-refractivity contribution in [2.24, 2.45) is 0 Å². The van der Waals surface area contributed by atoms with Crippen LogP contribution in [0.5, 0.6) is 11.5 Å². The number of ether oxygens (including phenoxy) is 2. The Morgan fingerprint density at radius 3 is 3.11 bits per heavy atom. The van der Waals surface area contributed by atoms with E-state index in [1.807, 2.05) is 0 Å². The maximum atomic E-state index is 12.2. The van der Waals surface area contributed by atoms with Crippen LogP contribution in [0.3, 0.4) is 0 Å².